The molecule has 0 aromatic rings. The average molecular weight is 302 g/mol. The van der Waals surface area contributed by atoms with Crippen LogP contribution in [0.15, 0.2) is 0 Å². The predicted molar refractivity (Wildman–Crippen MR) is 66.6 cm³/mol. The van der Waals surface area contributed by atoms with Gasteiger partial charge in [0.25, 0.3) is 10.1 Å². The molecule has 0 bridgehead atoms. The first-order valence-corrected chi connectivity index (χ1v) is 8.97. The third-order valence-corrected chi connectivity index (χ3v) is 7.17. The summed E-state index contributed by atoms with van der Waals surface area (Å²) >= 11 is 0. The Labute approximate surface area is 107 Å². The molecule has 2 atom stereocenters. The van der Waals surface area contributed by atoms with Gasteiger partial charge in [-0.1, -0.05) is 0 Å². The molecule has 108 valence electrons. The number of hydrogen-bond acceptors (Lipinski definition) is 3. The van der Waals surface area contributed by atoms with Crippen LogP contribution < -0.4 is 0 Å². The SMILES string of the molecule is C[N+]1(C)CCCCC1CC(P(=O)(O)O)S(=O)(=O)O. The van der Waals surface area contributed by atoms with Crippen molar-refractivity contribution in [2.75, 3.05) is 20.6 Å². The normalized spacial score (nSPS) is 26.8. The summed E-state index contributed by atoms with van der Waals surface area (Å²) in [5.41, 5.74) is 0. The molecular weight excluding hydrogens is 281 g/mol. The second-order valence-corrected chi connectivity index (χ2v) is 9.20. The van der Waals surface area contributed by atoms with Gasteiger partial charge in [0.05, 0.1) is 26.7 Å². The van der Waals surface area contributed by atoms with E-state index >= 15 is 0 Å². The molecule has 7 nitrogen and oxygen atoms in total. The molecule has 0 radical (unpaired) electrons. The van der Waals surface area contributed by atoms with Crippen LogP contribution in [-0.2, 0) is 14.7 Å². The summed E-state index contributed by atoms with van der Waals surface area (Å²) in [4.78, 5) is 16.1. The zero-order valence-corrected chi connectivity index (χ0v) is 12.3. The minimum Gasteiger partial charge on any atom is -0.326 e. The number of likely N-dealkylation sites (tertiary alicyclic amines) is 1. The fourth-order valence-corrected chi connectivity index (χ4v) is 4.87. The molecule has 0 aromatic carbocycles. The van der Waals surface area contributed by atoms with Crippen LogP contribution in [0.4, 0.5) is 0 Å². The summed E-state index contributed by atoms with van der Waals surface area (Å²) in [6.07, 6.45) is 2.41. The van der Waals surface area contributed by atoms with E-state index in [1.54, 1.807) is 0 Å². The molecule has 0 spiro atoms. The van der Waals surface area contributed by atoms with E-state index in [9.17, 15) is 13.0 Å². The van der Waals surface area contributed by atoms with Gasteiger partial charge in [0.1, 0.15) is 0 Å². The number of piperidine rings is 1. The molecule has 2 unspecified atom stereocenters. The van der Waals surface area contributed by atoms with Gasteiger partial charge in [-0.05, 0) is 19.3 Å². The number of quaternary nitrogens is 1. The Balaban J connectivity index is 2.95. The molecule has 1 saturated heterocycles. The lowest BCUT2D eigenvalue weighted by atomic mass is 9.98. The topological polar surface area (TPSA) is 112 Å². The smallest absolute Gasteiger partial charge is 0.326 e. The highest BCUT2D eigenvalue weighted by molar-refractivity contribution is 7.93. The molecule has 9 heteroatoms. The van der Waals surface area contributed by atoms with Crippen LogP contribution in [0.5, 0.6) is 0 Å². The first-order chi connectivity index (χ1) is 7.94. The molecular formula is C9H21NO6PS+. The molecule has 0 amide bonds. The predicted octanol–water partition coefficient (Wildman–Crippen LogP) is 0.397. The van der Waals surface area contributed by atoms with Crippen molar-refractivity contribution in [3.63, 3.8) is 0 Å². The zero-order chi connectivity index (χ0) is 14.2. The van der Waals surface area contributed by atoms with Gasteiger partial charge in [0.15, 0.2) is 4.99 Å². The minimum absolute atomic E-state index is 0.168. The second-order valence-electron chi connectivity index (χ2n) is 5.45. The lowest BCUT2D eigenvalue weighted by molar-refractivity contribution is -0.920. The molecule has 1 fully saturated rings. The van der Waals surface area contributed by atoms with Gasteiger partial charge in [-0.25, -0.2) is 0 Å². The van der Waals surface area contributed by atoms with Crippen LogP contribution in [0, 0.1) is 0 Å². The highest BCUT2D eigenvalue weighted by Gasteiger charge is 2.45. The summed E-state index contributed by atoms with van der Waals surface area (Å²) in [6, 6.07) is -0.168. The monoisotopic (exact) mass is 302 g/mol. The van der Waals surface area contributed by atoms with E-state index in [-0.39, 0.29) is 12.5 Å². The molecule has 18 heavy (non-hydrogen) atoms. The molecule has 1 aliphatic heterocycles. The highest BCUT2D eigenvalue weighted by Crippen LogP contribution is 2.47. The molecule has 0 saturated carbocycles. The first kappa shape index (κ1) is 16.1. The van der Waals surface area contributed by atoms with Crippen LogP contribution in [-0.4, -0.2) is 58.9 Å². The van der Waals surface area contributed by atoms with Gasteiger partial charge < -0.3 is 14.3 Å². The van der Waals surface area contributed by atoms with Crippen LogP contribution in [0.25, 0.3) is 0 Å². The largest absolute Gasteiger partial charge is 0.346 e. The molecule has 1 heterocycles. The van der Waals surface area contributed by atoms with Crippen molar-refractivity contribution >= 4 is 17.7 Å². The van der Waals surface area contributed by atoms with Gasteiger partial charge in [0, 0.05) is 6.42 Å². The number of hydrogen-bond donors (Lipinski definition) is 3. The fourth-order valence-electron chi connectivity index (χ4n) is 2.50. The lowest BCUT2D eigenvalue weighted by Crippen LogP contribution is -2.53. The zero-order valence-electron chi connectivity index (χ0n) is 10.6. The van der Waals surface area contributed by atoms with Crippen LogP contribution in [0.2, 0.25) is 0 Å². The van der Waals surface area contributed by atoms with E-state index in [0.717, 1.165) is 19.4 Å². The lowest BCUT2D eigenvalue weighted by Gasteiger charge is -2.42. The Morgan fingerprint density at radius 2 is 1.89 bits per heavy atom. The van der Waals surface area contributed by atoms with Gasteiger partial charge >= 0.3 is 7.60 Å². The van der Waals surface area contributed by atoms with Crippen molar-refractivity contribution < 1.29 is 31.8 Å². The maximum atomic E-state index is 11.2. The van der Waals surface area contributed by atoms with Crippen molar-refractivity contribution in [3.05, 3.63) is 0 Å². The first-order valence-electron chi connectivity index (χ1n) is 5.79. The Bertz CT molecular complexity index is 442. The average Bonchev–Trinajstić information content (AvgIpc) is 2.11. The van der Waals surface area contributed by atoms with Crippen LogP contribution in [0.3, 0.4) is 0 Å². The van der Waals surface area contributed by atoms with Gasteiger partial charge in [0.2, 0.25) is 0 Å². The van der Waals surface area contributed by atoms with Crippen LogP contribution >= 0.6 is 7.60 Å². The van der Waals surface area contributed by atoms with Gasteiger partial charge in [-0.2, -0.15) is 8.42 Å². The summed E-state index contributed by atoms with van der Waals surface area (Å²) in [6.45, 7) is 0.837. The van der Waals surface area contributed by atoms with Gasteiger partial charge in [-0.15, -0.1) is 0 Å². The van der Waals surface area contributed by atoms with E-state index in [1.807, 2.05) is 14.1 Å². The molecule has 1 aliphatic rings. The fraction of sp³-hybridized carbons (Fsp3) is 1.00. The third kappa shape index (κ3) is 4.01. The third-order valence-electron chi connectivity index (χ3n) is 3.70. The molecule has 3 N–H and O–H groups in total. The molecule has 0 aliphatic carbocycles. The Morgan fingerprint density at radius 3 is 2.28 bits per heavy atom. The van der Waals surface area contributed by atoms with Crippen molar-refractivity contribution in [2.45, 2.75) is 36.7 Å². The second kappa shape index (κ2) is 5.19. The van der Waals surface area contributed by atoms with E-state index in [4.69, 9.17) is 14.3 Å². The van der Waals surface area contributed by atoms with E-state index < -0.39 is 22.7 Å². The van der Waals surface area contributed by atoms with Crippen LogP contribution in [0.1, 0.15) is 25.7 Å². The van der Waals surface area contributed by atoms with E-state index in [2.05, 4.69) is 0 Å². The number of rotatable bonds is 4. The minimum atomic E-state index is -4.87. The summed E-state index contributed by atoms with van der Waals surface area (Å²) in [5, 5.41) is 0. The van der Waals surface area contributed by atoms with Crippen molar-refractivity contribution in [1.29, 1.82) is 0 Å². The Hall–Kier alpha value is 0.0200. The molecule has 1 rings (SSSR count). The molecule has 0 aromatic heterocycles. The standard InChI is InChI=1S/C9H20NO6PS/c1-10(2)6-4-3-5-8(10)7-9(17(11,12)13)18(14,15)16/h8-9H,3-7H2,1-2H3,(H2-,11,12,13,14,15,16)/p+1. The quantitative estimate of drug-likeness (QED) is 0.393. The summed E-state index contributed by atoms with van der Waals surface area (Å²) in [5.74, 6) is 0. The Morgan fingerprint density at radius 1 is 1.33 bits per heavy atom. The summed E-state index contributed by atoms with van der Waals surface area (Å²) < 4.78 is 43.0. The van der Waals surface area contributed by atoms with Gasteiger partial charge in [-0.3, -0.25) is 9.12 Å². The van der Waals surface area contributed by atoms with Crippen molar-refractivity contribution in [2.24, 2.45) is 0 Å². The number of nitrogens with zero attached hydrogens (tertiary/aromatic N) is 1. The van der Waals surface area contributed by atoms with Crippen molar-refractivity contribution in [3.8, 4) is 0 Å². The van der Waals surface area contributed by atoms with Crippen molar-refractivity contribution in [1.82, 2.24) is 0 Å². The van der Waals surface area contributed by atoms with E-state index in [1.165, 1.54) is 0 Å². The maximum absolute atomic E-state index is 11.2. The highest BCUT2D eigenvalue weighted by atomic mass is 32.2. The summed E-state index contributed by atoms with van der Waals surface area (Å²) in [7, 11) is -5.80. The van der Waals surface area contributed by atoms with E-state index in [0.29, 0.717) is 10.9 Å². The maximum Gasteiger partial charge on any atom is 0.346 e. The Kier molecular flexibility index (Phi) is 4.63.